The van der Waals surface area contributed by atoms with Gasteiger partial charge in [-0.1, -0.05) is 62.4 Å². The standard InChI is InChI=1S/C19H26O/c1-4-5-6-7-8-13-20-19-12-10-17-14-15(2)9-11-18(17)16(19)3/h9-12,14H,4-8,13H2,1-3H3. The van der Waals surface area contributed by atoms with E-state index in [1.807, 2.05) is 0 Å². The topological polar surface area (TPSA) is 9.23 Å². The van der Waals surface area contributed by atoms with Gasteiger partial charge in [0.05, 0.1) is 6.61 Å². The van der Waals surface area contributed by atoms with Crippen molar-refractivity contribution in [2.45, 2.75) is 52.9 Å². The Morgan fingerprint density at radius 1 is 0.900 bits per heavy atom. The number of ether oxygens (including phenoxy) is 1. The number of benzene rings is 2. The summed E-state index contributed by atoms with van der Waals surface area (Å²) in [6.07, 6.45) is 6.40. The summed E-state index contributed by atoms with van der Waals surface area (Å²) in [5.41, 5.74) is 2.57. The molecule has 0 N–H and O–H groups in total. The third-order valence-corrected chi connectivity index (χ3v) is 3.90. The van der Waals surface area contributed by atoms with E-state index in [2.05, 4.69) is 51.1 Å². The maximum Gasteiger partial charge on any atom is 0.122 e. The van der Waals surface area contributed by atoms with Crippen LogP contribution in [0.3, 0.4) is 0 Å². The Balaban J connectivity index is 1.97. The highest BCUT2D eigenvalue weighted by molar-refractivity contribution is 5.88. The molecule has 0 unspecified atom stereocenters. The lowest BCUT2D eigenvalue weighted by atomic mass is 10.0. The summed E-state index contributed by atoms with van der Waals surface area (Å²) < 4.78 is 5.96. The maximum atomic E-state index is 5.96. The van der Waals surface area contributed by atoms with Crippen LogP contribution in [0.15, 0.2) is 30.3 Å². The van der Waals surface area contributed by atoms with Crippen LogP contribution in [-0.2, 0) is 0 Å². The maximum absolute atomic E-state index is 5.96. The highest BCUT2D eigenvalue weighted by atomic mass is 16.5. The van der Waals surface area contributed by atoms with Gasteiger partial charge in [0.1, 0.15) is 5.75 Å². The zero-order valence-electron chi connectivity index (χ0n) is 13.0. The molecular weight excluding hydrogens is 244 g/mol. The summed E-state index contributed by atoms with van der Waals surface area (Å²) >= 11 is 0. The fraction of sp³-hybridized carbons (Fsp3) is 0.474. The summed E-state index contributed by atoms with van der Waals surface area (Å²) in [4.78, 5) is 0. The van der Waals surface area contributed by atoms with Crippen molar-refractivity contribution in [1.82, 2.24) is 0 Å². The highest BCUT2D eigenvalue weighted by Gasteiger charge is 2.04. The molecule has 0 fully saturated rings. The second kappa shape index (κ2) is 7.33. The van der Waals surface area contributed by atoms with E-state index < -0.39 is 0 Å². The molecule has 0 aromatic heterocycles. The summed E-state index contributed by atoms with van der Waals surface area (Å²) in [7, 11) is 0. The minimum absolute atomic E-state index is 0.835. The minimum atomic E-state index is 0.835. The van der Waals surface area contributed by atoms with Gasteiger partial charge in [-0.2, -0.15) is 0 Å². The minimum Gasteiger partial charge on any atom is -0.493 e. The average molecular weight is 270 g/mol. The molecular formula is C19H26O. The highest BCUT2D eigenvalue weighted by Crippen LogP contribution is 2.28. The van der Waals surface area contributed by atoms with Crippen LogP contribution in [0.4, 0.5) is 0 Å². The van der Waals surface area contributed by atoms with E-state index in [-0.39, 0.29) is 0 Å². The summed E-state index contributed by atoms with van der Waals surface area (Å²) in [5.74, 6) is 1.04. The van der Waals surface area contributed by atoms with Gasteiger partial charge < -0.3 is 4.74 Å². The van der Waals surface area contributed by atoms with Crippen LogP contribution in [0.25, 0.3) is 10.8 Å². The van der Waals surface area contributed by atoms with Crippen molar-refractivity contribution >= 4 is 10.8 Å². The molecule has 0 saturated heterocycles. The van der Waals surface area contributed by atoms with Gasteiger partial charge in [0.25, 0.3) is 0 Å². The van der Waals surface area contributed by atoms with Gasteiger partial charge >= 0.3 is 0 Å². The zero-order chi connectivity index (χ0) is 14.4. The van der Waals surface area contributed by atoms with Gasteiger partial charge in [-0.05, 0) is 42.7 Å². The molecule has 108 valence electrons. The predicted molar refractivity (Wildman–Crippen MR) is 87.7 cm³/mol. The van der Waals surface area contributed by atoms with Crippen molar-refractivity contribution in [2.24, 2.45) is 0 Å². The lowest BCUT2D eigenvalue weighted by Gasteiger charge is -2.12. The molecule has 0 radical (unpaired) electrons. The SMILES string of the molecule is CCCCCCCOc1ccc2cc(C)ccc2c1C. The first-order valence-corrected chi connectivity index (χ1v) is 7.85. The first kappa shape index (κ1) is 14.9. The van der Waals surface area contributed by atoms with Crippen molar-refractivity contribution in [3.63, 3.8) is 0 Å². The van der Waals surface area contributed by atoms with Crippen LogP contribution >= 0.6 is 0 Å². The van der Waals surface area contributed by atoms with Crippen molar-refractivity contribution in [1.29, 1.82) is 0 Å². The summed E-state index contributed by atoms with van der Waals surface area (Å²) in [5, 5.41) is 2.61. The summed E-state index contributed by atoms with van der Waals surface area (Å²) in [6, 6.07) is 10.9. The van der Waals surface area contributed by atoms with E-state index in [1.54, 1.807) is 0 Å². The fourth-order valence-electron chi connectivity index (χ4n) is 2.63. The number of rotatable bonds is 7. The molecule has 2 aromatic rings. The van der Waals surface area contributed by atoms with Crippen molar-refractivity contribution < 1.29 is 4.74 Å². The second-order valence-electron chi connectivity index (χ2n) is 5.68. The van der Waals surface area contributed by atoms with Crippen molar-refractivity contribution in [3.8, 4) is 5.75 Å². The van der Waals surface area contributed by atoms with E-state index in [9.17, 15) is 0 Å². The van der Waals surface area contributed by atoms with E-state index in [1.165, 1.54) is 47.6 Å². The van der Waals surface area contributed by atoms with Gasteiger partial charge in [0, 0.05) is 0 Å². The van der Waals surface area contributed by atoms with E-state index in [0.29, 0.717) is 0 Å². The monoisotopic (exact) mass is 270 g/mol. The Labute approximate surface area is 123 Å². The van der Waals surface area contributed by atoms with Crippen LogP contribution in [0.5, 0.6) is 5.75 Å². The van der Waals surface area contributed by atoms with Gasteiger partial charge in [-0.3, -0.25) is 0 Å². The molecule has 2 rings (SSSR count). The summed E-state index contributed by atoms with van der Waals surface area (Å²) in [6.45, 7) is 7.37. The van der Waals surface area contributed by atoms with Crippen molar-refractivity contribution in [3.05, 3.63) is 41.5 Å². The number of aryl methyl sites for hydroxylation is 2. The van der Waals surface area contributed by atoms with Crippen molar-refractivity contribution in [2.75, 3.05) is 6.61 Å². The van der Waals surface area contributed by atoms with Gasteiger partial charge in [0.15, 0.2) is 0 Å². The molecule has 0 heterocycles. The third kappa shape index (κ3) is 3.75. The molecule has 2 aromatic carbocycles. The molecule has 1 nitrogen and oxygen atoms in total. The lowest BCUT2D eigenvalue weighted by molar-refractivity contribution is 0.303. The first-order chi connectivity index (χ1) is 9.72. The molecule has 0 aliphatic rings. The first-order valence-electron chi connectivity index (χ1n) is 7.85. The van der Waals surface area contributed by atoms with Crippen LogP contribution in [0, 0.1) is 13.8 Å². The van der Waals surface area contributed by atoms with Crippen LogP contribution in [-0.4, -0.2) is 6.61 Å². The zero-order valence-corrected chi connectivity index (χ0v) is 13.0. The van der Waals surface area contributed by atoms with Crippen LogP contribution in [0.2, 0.25) is 0 Å². The van der Waals surface area contributed by atoms with Gasteiger partial charge in [-0.15, -0.1) is 0 Å². The molecule has 0 atom stereocenters. The van der Waals surface area contributed by atoms with E-state index >= 15 is 0 Å². The van der Waals surface area contributed by atoms with E-state index in [0.717, 1.165) is 18.8 Å². The van der Waals surface area contributed by atoms with Crippen LogP contribution < -0.4 is 4.74 Å². The Kier molecular flexibility index (Phi) is 5.46. The molecule has 20 heavy (non-hydrogen) atoms. The number of hydrogen-bond donors (Lipinski definition) is 0. The molecule has 0 amide bonds. The third-order valence-electron chi connectivity index (χ3n) is 3.90. The average Bonchev–Trinajstić information content (AvgIpc) is 2.44. The molecule has 0 spiro atoms. The Morgan fingerprint density at radius 2 is 1.70 bits per heavy atom. The number of fused-ring (bicyclic) bond motifs is 1. The molecule has 0 bridgehead atoms. The van der Waals surface area contributed by atoms with Crippen LogP contribution in [0.1, 0.15) is 50.2 Å². The molecule has 0 saturated carbocycles. The number of unbranched alkanes of at least 4 members (excludes halogenated alkanes) is 4. The molecule has 1 heteroatoms. The second-order valence-corrected chi connectivity index (χ2v) is 5.68. The molecule has 0 aliphatic heterocycles. The Bertz CT molecular complexity index is 557. The fourth-order valence-corrected chi connectivity index (χ4v) is 2.63. The largest absolute Gasteiger partial charge is 0.493 e. The normalized spacial score (nSPS) is 10.9. The van der Waals surface area contributed by atoms with E-state index in [4.69, 9.17) is 4.74 Å². The Hall–Kier alpha value is -1.50. The smallest absolute Gasteiger partial charge is 0.122 e. The predicted octanol–water partition coefficient (Wildman–Crippen LogP) is 5.81. The van der Waals surface area contributed by atoms with Gasteiger partial charge in [-0.25, -0.2) is 0 Å². The molecule has 0 aliphatic carbocycles. The quantitative estimate of drug-likeness (QED) is 0.577. The lowest BCUT2D eigenvalue weighted by Crippen LogP contribution is -1.99. The van der Waals surface area contributed by atoms with Gasteiger partial charge in [0.2, 0.25) is 0 Å². The number of hydrogen-bond acceptors (Lipinski definition) is 1. The Morgan fingerprint density at radius 3 is 2.50 bits per heavy atom.